The van der Waals surface area contributed by atoms with Crippen molar-refractivity contribution in [1.29, 1.82) is 0 Å². The van der Waals surface area contributed by atoms with Crippen molar-refractivity contribution in [3.63, 3.8) is 0 Å². The number of hydrogen-bond acceptors (Lipinski definition) is 3. The van der Waals surface area contributed by atoms with Crippen molar-refractivity contribution < 1.29 is 0 Å². The average Bonchev–Trinajstić information content (AvgIpc) is 2.05. The van der Waals surface area contributed by atoms with Gasteiger partial charge in [0, 0.05) is 6.20 Å². The number of pyridine rings is 1. The van der Waals surface area contributed by atoms with E-state index in [1.54, 1.807) is 6.20 Å². The molecule has 2 heterocycles. The van der Waals surface area contributed by atoms with Crippen LogP contribution in [0.3, 0.4) is 0 Å². The van der Waals surface area contributed by atoms with E-state index in [0.717, 1.165) is 23.9 Å². The fourth-order valence-electron chi connectivity index (χ4n) is 0.960. The molecule has 3 nitrogen and oxygen atoms in total. The molecule has 0 spiro atoms. The van der Waals surface area contributed by atoms with Crippen molar-refractivity contribution in [3.8, 4) is 0 Å². The minimum atomic E-state index is 0.782. The van der Waals surface area contributed by atoms with Crippen molar-refractivity contribution in [2.75, 3.05) is 13.1 Å². The Hall–Kier alpha value is -1.25. The summed E-state index contributed by atoms with van der Waals surface area (Å²) >= 11 is 0. The van der Waals surface area contributed by atoms with Crippen LogP contribution < -0.4 is 10.8 Å². The van der Waals surface area contributed by atoms with E-state index in [1.165, 1.54) is 0 Å². The van der Waals surface area contributed by atoms with Crippen LogP contribution in [0.15, 0.2) is 28.3 Å². The molecule has 1 aliphatic heterocycles. The standard InChI is InChI=1S/C7H7N3/c1-2-6-7(9-3-1)10-5-4-8-6/h1-3H,4-5H2. The third-order valence-corrected chi connectivity index (χ3v) is 1.41. The highest BCUT2D eigenvalue weighted by Crippen LogP contribution is 1.75. The molecule has 3 heteroatoms. The first-order chi connectivity index (χ1) is 4.97. The molecule has 0 atom stereocenters. The fourth-order valence-corrected chi connectivity index (χ4v) is 0.960. The molecule has 0 N–H and O–H groups in total. The second kappa shape index (κ2) is 2.17. The van der Waals surface area contributed by atoms with Gasteiger partial charge in [-0.25, -0.2) is 4.98 Å². The van der Waals surface area contributed by atoms with Crippen molar-refractivity contribution in [1.82, 2.24) is 4.98 Å². The molecule has 0 bridgehead atoms. The van der Waals surface area contributed by atoms with Gasteiger partial charge in [-0.05, 0) is 12.1 Å². The topological polar surface area (TPSA) is 37.6 Å². The van der Waals surface area contributed by atoms with E-state index < -0.39 is 0 Å². The Kier molecular flexibility index (Phi) is 1.20. The summed E-state index contributed by atoms with van der Waals surface area (Å²) in [6.45, 7) is 1.59. The second-order valence-electron chi connectivity index (χ2n) is 2.11. The number of hydrogen-bond donors (Lipinski definition) is 0. The SMILES string of the molecule is c1cnc2c(c1)=NCCN=2. The summed E-state index contributed by atoms with van der Waals surface area (Å²) in [5.74, 6) is 0. The lowest BCUT2D eigenvalue weighted by Crippen LogP contribution is -2.32. The van der Waals surface area contributed by atoms with Crippen LogP contribution in [-0.4, -0.2) is 18.1 Å². The van der Waals surface area contributed by atoms with Crippen molar-refractivity contribution in [2.45, 2.75) is 0 Å². The first kappa shape index (κ1) is 5.53. The summed E-state index contributed by atoms with van der Waals surface area (Å²) in [7, 11) is 0. The largest absolute Gasteiger partial charge is 0.279 e. The zero-order valence-corrected chi connectivity index (χ0v) is 5.49. The third kappa shape index (κ3) is 0.795. The Morgan fingerprint density at radius 3 is 3.00 bits per heavy atom. The van der Waals surface area contributed by atoms with Gasteiger partial charge in [0.25, 0.3) is 0 Å². The lowest BCUT2D eigenvalue weighted by molar-refractivity contribution is 0.834. The van der Waals surface area contributed by atoms with Gasteiger partial charge in [-0.15, -0.1) is 0 Å². The molecule has 0 unspecified atom stereocenters. The van der Waals surface area contributed by atoms with Gasteiger partial charge < -0.3 is 0 Å². The third-order valence-electron chi connectivity index (χ3n) is 1.41. The zero-order chi connectivity index (χ0) is 6.81. The molecule has 1 aliphatic rings. The van der Waals surface area contributed by atoms with Gasteiger partial charge in [-0.2, -0.15) is 0 Å². The van der Waals surface area contributed by atoms with Crippen LogP contribution in [0.1, 0.15) is 0 Å². The molecular formula is C7H7N3. The summed E-state index contributed by atoms with van der Waals surface area (Å²) in [5, 5.41) is 0.925. The number of aromatic nitrogens is 1. The van der Waals surface area contributed by atoms with Crippen LogP contribution in [0.4, 0.5) is 0 Å². The Bertz CT molecular complexity index is 307. The number of nitrogens with zero attached hydrogens (tertiary/aromatic N) is 3. The Balaban J connectivity index is 2.84. The van der Waals surface area contributed by atoms with Gasteiger partial charge in [0.05, 0.1) is 13.1 Å². The number of fused-ring (bicyclic) bond motifs is 1. The Morgan fingerprint density at radius 1 is 1.20 bits per heavy atom. The molecule has 0 aromatic carbocycles. The van der Waals surface area contributed by atoms with Crippen LogP contribution in [0.5, 0.6) is 0 Å². The van der Waals surface area contributed by atoms with Crippen molar-refractivity contribution in [2.24, 2.45) is 9.98 Å². The van der Waals surface area contributed by atoms with E-state index in [-0.39, 0.29) is 0 Å². The predicted molar refractivity (Wildman–Crippen MR) is 36.3 cm³/mol. The van der Waals surface area contributed by atoms with E-state index in [2.05, 4.69) is 15.0 Å². The maximum absolute atomic E-state index is 4.24. The Morgan fingerprint density at radius 2 is 2.10 bits per heavy atom. The molecule has 10 heavy (non-hydrogen) atoms. The van der Waals surface area contributed by atoms with Crippen LogP contribution in [0.25, 0.3) is 0 Å². The zero-order valence-electron chi connectivity index (χ0n) is 5.49. The highest BCUT2D eigenvalue weighted by molar-refractivity contribution is 4.92. The summed E-state index contributed by atoms with van der Waals surface area (Å²) in [6, 6.07) is 3.81. The molecule has 0 saturated heterocycles. The summed E-state index contributed by atoms with van der Waals surface area (Å²) in [5.41, 5.74) is 0.786. The average molecular weight is 133 g/mol. The van der Waals surface area contributed by atoms with E-state index in [9.17, 15) is 0 Å². The highest BCUT2D eigenvalue weighted by atomic mass is 14.9. The summed E-state index contributed by atoms with van der Waals surface area (Å²) in [4.78, 5) is 12.5. The maximum atomic E-state index is 4.24. The highest BCUT2D eigenvalue weighted by Gasteiger charge is 1.92. The molecule has 1 aromatic heterocycles. The Labute approximate surface area is 58.2 Å². The molecule has 0 aliphatic carbocycles. The summed E-state index contributed by atoms with van der Waals surface area (Å²) < 4.78 is 0. The molecular weight excluding hydrogens is 126 g/mol. The predicted octanol–water partition coefficient (Wildman–Crippen LogP) is -0.666. The van der Waals surface area contributed by atoms with E-state index in [0.29, 0.717) is 0 Å². The molecule has 0 radical (unpaired) electrons. The normalized spacial score (nSPS) is 14.8. The maximum Gasteiger partial charge on any atom is 0.173 e. The summed E-state index contributed by atoms with van der Waals surface area (Å²) in [6.07, 6.45) is 1.74. The minimum Gasteiger partial charge on any atom is -0.279 e. The molecule has 50 valence electrons. The lowest BCUT2D eigenvalue weighted by atomic mass is 10.4. The molecule has 2 rings (SSSR count). The molecule has 0 fully saturated rings. The van der Waals surface area contributed by atoms with Gasteiger partial charge in [0.2, 0.25) is 0 Å². The van der Waals surface area contributed by atoms with Gasteiger partial charge in [-0.3, -0.25) is 9.98 Å². The number of rotatable bonds is 0. The van der Waals surface area contributed by atoms with Gasteiger partial charge >= 0.3 is 0 Å². The van der Waals surface area contributed by atoms with Gasteiger partial charge in [0.15, 0.2) is 5.49 Å². The van der Waals surface area contributed by atoms with Gasteiger partial charge in [-0.1, -0.05) is 0 Å². The van der Waals surface area contributed by atoms with Gasteiger partial charge in [0.1, 0.15) is 5.36 Å². The lowest BCUT2D eigenvalue weighted by Gasteiger charge is -1.95. The van der Waals surface area contributed by atoms with E-state index >= 15 is 0 Å². The smallest absolute Gasteiger partial charge is 0.173 e. The second-order valence-corrected chi connectivity index (χ2v) is 2.11. The van der Waals surface area contributed by atoms with E-state index in [1.807, 2.05) is 12.1 Å². The molecule has 1 aromatic rings. The first-order valence-corrected chi connectivity index (χ1v) is 3.27. The van der Waals surface area contributed by atoms with Crippen molar-refractivity contribution >= 4 is 0 Å². The fraction of sp³-hybridized carbons (Fsp3) is 0.286. The molecule has 0 amide bonds. The van der Waals surface area contributed by atoms with Crippen LogP contribution in [0.2, 0.25) is 0 Å². The minimum absolute atomic E-state index is 0.782. The monoisotopic (exact) mass is 133 g/mol. The quantitative estimate of drug-likeness (QED) is 0.462. The van der Waals surface area contributed by atoms with E-state index in [4.69, 9.17) is 0 Å². The van der Waals surface area contributed by atoms with Crippen LogP contribution in [-0.2, 0) is 0 Å². The van der Waals surface area contributed by atoms with Crippen LogP contribution >= 0.6 is 0 Å². The molecule has 0 saturated carbocycles. The first-order valence-electron chi connectivity index (χ1n) is 3.27. The van der Waals surface area contributed by atoms with Crippen LogP contribution in [0, 0.1) is 0 Å². The van der Waals surface area contributed by atoms with Crippen molar-refractivity contribution in [3.05, 3.63) is 29.2 Å².